The highest BCUT2D eigenvalue weighted by molar-refractivity contribution is 7.07. The highest BCUT2D eigenvalue weighted by Crippen LogP contribution is 2.09. The van der Waals surface area contributed by atoms with E-state index in [9.17, 15) is 0 Å². The quantitative estimate of drug-likeness (QED) is 0.914. The Bertz CT molecular complexity index is 498. The van der Waals surface area contributed by atoms with Crippen LogP contribution in [0.5, 0.6) is 0 Å². The predicted octanol–water partition coefficient (Wildman–Crippen LogP) is 2.20. The normalized spacial score (nSPS) is 20.1. The van der Waals surface area contributed by atoms with Crippen LogP contribution in [0.4, 0.5) is 0 Å². The van der Waals surface area contributed by atoms with E-state index in [1.807, 2.05) is 5.51 Å². The maximum absolute atomic E-state index is 4.36. The van der Waals surface area contributed by atoms with E-state index in [1.54, 1.807) is 11.3 Å². The summed E-state index contributed by atoms with van der Waals surface area (Å²) in [5.74, 6) is 0. The van der Waals surface area contributed by atoms with Gasteiger partial charge in [0.05, 0.1) is 11.2 Å². The number of benzene rings is 1. The topological polar surface area (TPSA) is 28.2 Å². The zero-order chi connectivity index (χ0) is 13.6. The third-order valence-electron chi connectivity index (χ3n) is 3.83. The number of hydrogen-bond donors (Lipinski definition) is 1. The third kappa shape index (κ3) is 3.88. The predicted molar refractivity (Wildman–Crippen MR) is 84.2 cm³/mol. The number of hydrogen-bond acceptors (Lipinski definition) is 4. The summed E-state index contributed by atoms with van der Waals surface area (Å²) >= 11 is 1.69. The lowest BCUT2D eigenvalue weighted by Crippen LogP contribution is -2.51. The Kier molecular flexibility index (Phi) is 4.79. The molecule has 1 atom stereocenters. The molecule has 1 fully saturated rings. The van der Waals surface area contributed by atoms with Gasteiger partial charge < -0.3 is 10.2 Å². The average Bonchev–Trinajstić information content (AvgIpc) is 3.00. The fourth-order valence-corrected chi connectivity index (χ4v) is 3.36. The Morgan fingerprint density at radius 3 is 3.00 bits per heavy atom. The highest BCUT2D eigenvalue weighted by Gasteiger charge is 2.19. The van der Waals surface area contributed by atoms with Crippen LogP contribution in [0.15, 0.2) is 41.2 Å². The molecule has 2 aromatic rings. The molecule has 3 nitrogen and oxygen atoms in total. The van der Waals surface area contributed by atoms with Crippen molar-refractivity contribution in [3.8, 4) is 0 Å². The zero-order valence-corrected chi connectivity index (χ0v) is 12.5. The first-order valence-corrected chi connectivity index (χ1v) is 8.21. The molecule has 1 unspecified atom stereocenters. The lowest BCUT2D eigenvalue weighted by molar-refractivity contribution is 0.201. The SMILES string of the molecule is c1ccc(CC2CN(CCc3cscn3)CCN2)cc1. The molecule has 1 aliphatic rings. The second-order valence-electron chi connectivity index (χ2n) is 5.37. The minimum Gasteiger partial charge on any atom is -0.311 e. The fraction of sp³-hybridized carbons (Fsp3) is 0.438. The molecule has 1 aromatic carbocycles. The maximum atomic E-state index is 4.36. The molecular formula is C16H21N3S. The van der Waals surface area contributed by atoms with Crippen LogP contribution in [-0.4, -0.2) is 42.1 Å². The molecule has 106 valence electrons. The van der Waals surface area contributed by atoms with Crippen LogP contribution in [0.3, 0.4) is 0 Å². The largest absolute Gasteiger partial charge is 0.311 e. The van der Waals surface area contributed by atoms with Gasteiger partial charge >= 0.3 is 0 Å². The van der Waals surface area contributed by atoms with E-state index in [0.717, 1.165) is 39.0 Å². The van der Waals surface area contributed by atoms with Gasteiger partial charge in [0.25, 0.3) is 0 Å². The van der Waals surface area contributed by atoms with E-state index in [2.05, 4.69) is 50.9 Å². The van der Waals surface area contributed by atoms with Gasteiger partial charge in [0, 0.05) is 44.0 Å². The van der Waals surface area contributed by atoms with Crippen molar-refractivity contribution >= 4 is 11.3 Å². The monoisotopic (exact) mass is 287 g/mol. The second-order valence-corrected chi connectivity index (χ2v) is 6.09. The van der Waals surface area contributed by atoms with Gasteiger partial charge in [0.15, 0.2) is 0 Å². The summed E-state index contributed by atoms with van der Waals surface area (Å²) in [5, 5.41) is 5.79. The summed E-state index contributed by atoms with van der Waals surface area (Å²) in [6, 6.07) is 11.3. The molecule has 0 bridgehead atoms. The van der Waals surface area contributed by atoms with Crippen LogP contribution >= 0.6 is 11.3 Å². The molecule has 4 heteroatoms. The van der Waals surface area contributed by atoms with Crippen LogP contribution in [0.2, 0.25) is 0 Å². The third-order valence-corrected chi connectivity index (χ3v) is 4.47. The maximum Gasteiger partial charge on any atom is 0.0794 e. The van der Waals surface area contributed by atoms with E-state index in [-0.39, 0.29) is 0 Å². The minimum atomic E-state index is 0.571. The van der Waals surface area contributed by atoms with Gasteiger partial charge in [-0.1, -0.05) is 30.3 Å². The average molecular weight is 287 g/mol. The number of aromatic nitrogens is 1. The van der Waals surface area contributed by atoms with Crippen molar-refractivity contribution in [3.63, 3.8) is 0 Å². The van der Waals surface area contributed by atoms with E-state index in [0.29, 0.717) is 6.04 Å². The number of nitrogens with one attached hydrogen (secondary N) is 1. The van der Waals surface area contributed by atoms with Crippen LogP contribution < -0.4 is 5.32 Å². The first-order chi connectivity index (χ1) is 9.90. The van der Waals surface area contributed by atoms with Gasteiger partial charge in [-0.05, 0) is 12.0 Å². The van der Waals surface area contributed by atoms with E-state index in [4.69, 9.17) is 0 Å². The Labute approximate surface area is 124 Å². The van der Waals surface area contributed by atoms with Crippen LogP contribution in [0.1, 0.15) is 11.3 Å². The van der Waals surface area contributed by atoms with Gasteiger partial charge in [0.1, 0.15) is 0 Å². The zero-order valence-electron chi connectivity index (χ0n) is 11.7. The van der Waals surface area contributed by atoms with Gasteiger partial charge in [-0.15, -0.1) is 11.3 Å². The van der Waals surface area contributed by atoms with Crippen molar-refractivity contribution in [1.29, 1.82) is 0 Å². The summed E-state index contributed by atoms with van der Waals surface area (Å²) in [7, 11) is 0. The summed E-state index contributed by atoms with van der Waals surface area (Å²) in [6.07, 6.45) is 2.19. The van der Waals surface area contributed by atoms with Crippen molar-refractivity contribution in [2.75, 3.05) is 26.2 Å². The molecular weight excluding hydrogens is 266 g/mol. The molecule has 0 amide bonds. The second kappa shape index (κ2) is 6.97. The molecule has 0 aliphatic carbocycles. The van der Waals surface area contributed by atoms with Crippen LogP contribution in [0, 0.1) is 0 Å². The first kappa shape index (κ1) is 13.7. The lowest BCUT2D eigenvalue weighted by Gasteiger charge is -2.33. The van der Waals surface area contributed by atoms with Gasteiger partial charge in [-0.2, -0.15) is 0 Å². The molecule has 0 radical (unpaired) electrons. The lowest BCUT2D eigenvalue weighted by atomic mass is 10.0. The Morgan fingerprint density at radius 2 is 2.20 bits per heavy atom. The van der Waals surface area contributed by atoms with Crippen molar-refractivity contribution in [2.24, 2.45) is 0 Å². The molecule has 20 heavy (non-hydrogen) atoms. The Balaban J connectivity index is 1.49. The molecule has 0 spiro atoms. The minimum absolute atomic E-state index is 0.571. The molecule has 3 rings (SSSR count). The fourth-order valence-electron chi connectivity index (χ4n) is 2.77. The van der Waals surface area contributed by atoms with Crippen molar-refractivity contribution in [3.05, 3.63) is 52.5 Å². The first-order valence-electron chi connectivity index (χ1n) is 7.27. The summed E-state index contributed by atoms with van der Waals surface area (Å²) < 4.78 is 0. The molecule has 1 N–H and O–H groups in total. The molecule has 1 aromatic heterocycles. The standard InChI is InChI=1S/C16H21N3S/c1-2-4-14(5-3-1)10-16-11-19(9-7-17-16)8-6-15-12-20-13-18-15/h1-5,12-13,16-17H,6-11H2. The highest BCUT2D eigenvalue weighted by atomic mass is 32.1. The van der Waals surface area contributed by atoms with Gasteiger partial charge in [-0.3, -0.25) is 0 Å². The van der Waals surface area contributed by atoms with Gasteiger partial charge in [-0.25, -0.2) is 4.98 Å². The van der Waals surface area contributed by atoms with Crippen molar-refractivity contribution in [1.82, 2.24) is 15.2 Å². The van der Waals surface area contributed by atoms with Crippen LogP contribution in [0.25, 0.3) is 0 Å². The molecule has 1 saturated heterocycles. The Hall–Kier alpha value is -1.23. The summed E-state index contributed by atoms with van der Waals surface area (Å²) in [5.41, 5.74) is 4.57. The number of nitrogens with zero attached hydrogens (tertiary/aromatic N) is 2. The summed E-state index contributed by atoms with van der Waals surface area (Å²) in [4.78, 5) is 6.92. The number of piperazine rings is 1. The van der Waals surface area contributed by atoms with Gasteiger partial charge in [0.2, 0.25) is 0 Å². The smallest absolute Gasteiger partial charge is 0.0794 e. The van der Waals surface area contributed by atoms with E-state index >= 15 is 0 Å². The Morgan fingerprint density at radius 1 is 1.30 bits per heavy atom. The molecule has 1 aliphatic heterocycles. The van der Waals surface area contributed by atoms with E-state index < -0.39 is 0 Å². The van der Waals surface area contributed by atoms with E-state index in [1.165, 1.54) is 11.3 Å². The number of thiazole rings is 1. The van der Waals surface area contributed by atoms with Crippen molar-refractivity contribution in [2.45, 2.75) is 18.9 Å². The molecule has 2 heterocycles. The number of rotatable bonds is 5. The summed E-state index contributed by atoms with van der Waals surface area (Å²) in [6.45, 7) is 4.50. The van der Waals surface area contributed by atoms with Crippen molar-refractivity contribution < 1.29 is 0 Å². The van der Waals surface area contributed by atoms with Crippen LogP contribution in [-0.2, 0) is 12.8 Å². The molecule has 0 saturated carbocycles.